The van der Waals surface area contributed by atoms with Crippen molar-refractivity contribution in [2.24, 2.45) is 0 Å². The first-order valence-electron chi connectivity index (χ1n) is 9.80. The van der Waals surface area contributed by atoms with E-state index in [0.29, 0.717) is 25.8 Å². The van der Waals surface area contributed by atoms with Gasteiger partial charge >= 0.3 is 5.97 Å². The molecule has 2 aromatic carbocycles. The van der Waals surface area contributed by atoms with Crippen molar-refractivity contribution >= 4 is 11.9 Å². The van der Waals surface area contributed by atoms with E-state index in [-0.39, 0.29) is 11.7 Å². The van der Waals surface area contributed by atoms with Gasteiger partial charge in [-0.05, 0) is 49.4 Å². The highest BCUT2D eigenvalue weighted by Crippen LogP contribution is 2.42. The largest absolute Gasteiger partial charge is 0.452 e. The topological polar surface area (TPSA) is 55.4 Å². The Balaban J connectivity index is 1.58. The minimum Gasteiger partial charge on any atom is -0.452 e. The molecule has 1 amide bonds. The third kappa shape index (κ3) is 4.58. The van der Waals surface area contributed by atoms with Crippen LogP contribution in [0.2, 0.25) is 0 Å². The third-order valence-electron chi connectivity index (χ3n) is 5.45. The van der Waals surface area contributed by atoms with E-state index in [1.807, 2.05) is 30.3 Å². The second kappa shape index (κ2) is 9.00. The molecule has 1 fully saturated rings. The number of benzene rings is 2. The molecule has 1 aliphatic carbocycles. The van der Waals surface area contributed by atoms with E-state index in [0.717, 1.165) is 24.0 Å². The highest BCUT2D eigenvalue weighted by Gasteiger charge is 2.45. The molecule has 0 bridgehead atoms. The number of esters is 1. The summed E-state index contributed by atoms with van der Waals surface area (Å²) in [5.41, 5.74) is 1.11. The van der Waals surface area contributed by atoms with Gasteiger partial charge in [0.25, 0.3) is 5.91 Å². The lowest BCUT2D eigenvalue weighted by molar-refractivity contribution is -0.160. The van der Waals surface area contributed by atoms with Gasteiger partial charge in [0.2, 0.25) is 0 Å². The average molecular weight is 383 g/mol. The van der Waals surface area contributed by atoms with E-state index in [2.05, 4.69) is 5.32 Å². The molecule has 1 saturated carbocycles. The molecule has 4 nitrogen and oxygen atoms in total. The minimum absolute atomic E-state index is 0.309. The first-order valence-corrected chi connectivity index (χ1v) is 9.80. The summed E-state index contributed by atoms with van der Waals surface area (Å²) in [6.07, 6.45) is 2.96. The van der Waals surface area contributed by atoms with Gasteiger partial charge in [0.05, 0.1) is 5.41 Å². The molecule has 0 saturated heterocycles. The molecule has 1 aliphatic rings. The van der Waals surface area contributed by atoms with Crippen LogP contribution in [0.4, 0.5) is 4.39 Å². The number of carbonyl (C=O) groups excluding carboxylic acids is 2. The fraction of sp³-hybridized carbons (Fsp3) is 0.391. The Bertz CT molecular complexity index is 798. The maximum absolute atomic E-state index is 13.3. The van der Waals surface area contributed by atoms with Crippen molar-refractivity contribution in [2.75, 3.05) is 6.54 Å². The smallest absolute Gasteiger partial charge is 0.317 e. The first kappa shape index (κ1) is 20.1. The van der Waals surface area contributed by atoms with Gasteiger partial charge in [0.15, 0.2) is 6.10 Å². The van der Waals surface area contributed by atoms with Crippen LogP contribution in [-0.2, 0) is 26.2 Å². The summed E-state index contributed by atoms with van der Waals surface area (Å²) in [4.78, 5) is 25.3. The maximum Gasteiger partial charge on any atom is 0.317 e. The van der Waals surface area contributed by atoms with Crippen LogP contribution in [-0.4, -0.2) is 24.5 Å². The Morgan fingerprint density at radius 1 is 1.07 bits per heavy atom. The highest BCUT2D eigenvalue weighted by molar-refractivity contribution is 5.88. The summed E-state index contributed by atoms with van der Waals surface area (Å²) in [6.45, 7) is 2.07. The first-order chi connectivity index (χ1) is 13.5. The zero-order valence-corrected chi connectivity index (χ0v) is 16.1. The number of hydrogen-bond donors (Lipinski definition) is 1. The number of amides is 1. The van der Waals surface area contributed by atoms with Crippen LogP contribution in [0.3, 0.4) is 0 Å². The predicted molar refractivity (Wildman–Crippen MR) is 105 cm³/mol. The lowest BCUT2D eigenvalue weighted by Crippen LogP contribution is -2.42. The molecule has 1 atom stereocenters. The molecule has 0 heterocycles. The van der Waals surface area contributed by atoms with Gasteiger partial charge in [0, 0.05) is 6.54 Å². The molecule has 2 aromatic rings. The zero-order valence-electron chi connectivity index (χ0n) is 16.1. The number of carbonyl (C=O) groups is 2. The van der Waals surface area contributed by atoms with Gasteiger partial charge < -0.3 is 10.1 Å². The second-order valence-electron chi connectivity index (χ2n) is 7.37. The van der Waals surface area contributed by atoms with Crippen molar-refractivity contribution in [3.05, 3.63) is 71.5 Å². The zero-order chi connectivity index (χ0) is 20.0. The molecule has 148 valence electrons. The van der Waals surface area contributed by atoms with Gasteiger partial charge in [-0.15, -0.1) is 0 Å². The van der Waals surface area contributed by atoms with Crippen LogP contribution in [0, 0.1) is 5.82 Å². The number of rotatable bonds is 7. The Hall–Kier alpha value is -2.69. The van der Waals surface area contributed by atoms with Crippen LogP contribution in [0.15, 0.2) is 54.6 Å². The van der Waals surface area contributed by atoms with Crippen LogP contribution in [0.1, 0.15) is 43.7 Å². The molecule has 0 spiro atoms. The molecule has 0 aliphatic heterocycles. The minimum atomic E-state index is -0.874. The fourth-order valence-corrected chi connectivity index (χ4v) is 3.80. The van der Waals surface area contributed by atoms with Crippen LogP contribution < -0.4 is 5.32 Å². The van der Waals surface area contributed by atoms with E-state index in [9.17, 15) is 14.0 Å². The lowest BCUT2D eigenvalue weighted by Gasteiger charge is -2.28. The normalized spacial score (nSPS) is 16.4. The Labute approximate surface area is 165 Å². The van der Waals surface area contributed by atoms with Gasteiger partial charge in [0.1, 0.15) is 5.82 Å². The van der Waals surface area contributed by atoms with E-state index < -0.39 is 17.5 Å². The van der Waals surface area contributed by atoms with Gasteiger partial charge in [-0.2, -0.15) is 0 Å². The summed E-state index contributed by atoms with van der Waals surface area (Å²) in [6, 6.07) is 15.9. The van der Waals surface area contributed by atoms with Crippen molar-refractivity contribution in [1.82, 2.24) is 5.32 Å². The third-order valence-corrected chi connectivity index (χ3v) is 5.45. The highest BCUT2D eigenvalue weighted by atomic mass is 19.1. The molecular formula is C23H26FNO3. The molecule has 3 rings (SSSR count). The van der Waals surface area contributed by atoms with Crippen molar-refractivity contribution < 1.29 is 18.7 Å². The van der Waals surface area contributed by atoms with Crippen molar-refractivity contribution in [3.63, 3.8) is 0 Å². The molecule has 1 N–H and O–H groups in total. The Morgan fingerprint density at radius 2 is 1.71 bits per heavy atom. The fourth-order valence-electron chi connectivity index (χ4n) is 3.80. The van der Waals surface area contributed by atoms with Crippen molar-refractivity contribution in [1.29, 1.82) is 0 Å². The van der Waals surface area contributed by atoms with Gasteiger partial charge in [-0.1, -0.05) is 55.3 Å². The van der Waals surface area contributed by atoms with Crippen molar-refractivity contribution in [3.8, 4) is 0 Å². The van der Waals surface area contributed by atoms with Crippen LogP contribution in [0.25, 0.3) is 0 Å². The van der Waals surface area contributed by atoms with Crippen molar-refractivity contribution in [2.45, 2.75) is 50.5 Å². The SMILES string of the molecule is C[C@H](OC(=O)C1(c2ccc(F)cc2)CCCC1)C(=O)NCCc1ccccc1. The summed E-state index contributed by atoms with van der Waals surface area (Å²) in [5, 5.41) is 2.82. The van der Waals surface area contributed by atoms with E-state index in [1.54, 1.807) is 19.1 Å². The quantitative estimate of drug-likeness (QED) is 0.737. The molecule has 0 unspecified atom stereocenters. The standard InChI is InChI=1S/C23H26FNO3/c1-17(21(26)25-16-13-18-7-3-2-4-8-18)28-22(27)23(14-5-6-15-23)19-9-11-20(24)12-10-19/h2-4,7-12,17H,5-6,13-16H2,1H3,(H,25,26)/t17-/m0/s1. The summed E-state index contributed by atoms with van der Waals surface area (Å²) in [7, 11) is 0. The Kier molecular flexibility index (Phi) is 6.45. The lowest BCUT2D eigenvalue weighted by atomic mass is 9.79. The van der Waals surface area contributed by atoms with E-state index in [1.165, 1.54) is 12.1 Å². The Morgan fingerprint density at radius 3 is 2.36 bits per heavy atom. The maximum atomic E-state index is 13.3. The van der Waals surface area contributed by atoms with E-state index in [4.69, 9.17) is 4.74 Å². The summed E-state index contributed by atoms with van der Waals surface area (Å²) >= 11 is 0. The van der Waals surface area contributed by atoms with Crippen LogP contribution in [0.5, 0.6) is 0 Å². The monoisotopic (exact) mass is 383 g/mol. The average Bonchev–Trinajstić information content (AvgIpc) is 3.20. The number of ether oxygens (including phenoxy) is 1. The predicted octanol–water partition coefficient (Wildman–Crippen LogP) is 3.93. The molecule has 28 heavy (non-hydrogen) atoms. The number of hydrogen-bond acceptors (Lipinski definition) is 3. The van der Waals surface area contributed by atoms with E-state index >= 15 is 0 Å². The van der Waals surface area contributed by atoms with Gasteiger partial charge in [-0.25, -0.2) is 4.39 Å². The number of nitrogens with one attached hydrogen (secondary N) is 1. The molecular weight excluding hydrogens is 357 g/mol. The number of halogens is 1. The van der Waals surface area contributed by atoms with Crippen LogP contribution >= 0.6 is 0 Å². The summed E-state index contributed by atoms with van der Waals surface area (Å²) < 4.78 is 18.8. The van der Waals surface area contributed by atoms with Gasteiger partial charge in [-0.3, -0.25) is 9.59 Å². The second-order valence-corrected chi connectivity index (χ2v) is 7.37. The molecule has 0 radical (unpaired) electrons. The molecule has 5 heteroatoms. The molecule has 0 aromatic heterocycles. The summed E-state index contributed by atoms with van der Waals surface area (Å²) in [5.74, 6) is -1.05.